The maximum atomic E-state index is 11.8. The lowest BCUT2D eigenvalue weighted by Crippen LogP contribution is -2.37. The van der Waals surface area contributed by atoms with Gasteiger partial charge in [0.2, 0.25) is 0 Å². The molecule has 0 unspecified atom stereocenters. The van der Waals surface area contributed by atoms with Crippen LogP contribution in [-0.4, -0.2) is 9.13 Å². The summed E-state index contributed by atoms with van der Waals surface area (Å²) in [4.78, 5) is 23.4. The highest BCUT2D eigenvalue weighted by Crippen LogP contribution is 2.27. The number of hydrogen-bond acceptors (Lipinski definition) is 3. The molecule has 1 aromatic heterocycles. The number of nitrogens with one attached hydrogen (secondary N) is 1. The minimum atomic E-state index is -0.417. The largest absolute Gasteiger partial charge is 0.340 e. The summed E-state index contributed by atoms with van der Waals surface area (Å²) in [5.41, 5.74) is -0.245. The first kappa shape index (κ1) is 13.7. The number of nitrogens with zero attached hydrogens (tertiary/aromatic N) is 2. The molecular formula is C12H11Cl2N3O2. The van der Waals surface area contributed by atoms with Gasteiger partial charge in [0.15, 0.2) is 0 Å². The number of anilines is 2. The Kier molecular flexibility index (Phi) is 3.68. The first-order chi connectivity index (χ1) is 8.90. The van der Waals surface area contributed by atoms with Gasteiger partial charge in [-0.25, -0.2) is 4.79 Å². The molecule has 0 atom stereocenters. The van der Waals surface area contributed by atoms with E-state index in [0.717, 1.165) is 4.57 Å². The summed E-state index contributed by atoms with van der Waals surface area (Å²) >= 11 is 11.8. The van der Waals surface area contributed by atoms with Gasteiger partial charge in [-0.15, -0.1) is 0 Å². The molecule has 19 heavy (non-hydrogen) atoms. The monoisotopic (exact) mass is 299 g/mol. The fourth-order valence-corrected chi connectivity index (χ4v) is 2.04. The molecule has 0 amide bonds. The third-order valence-electron chi connectivity index (χ3n) is 2.72. The van der Waals surface area contributed by atoms with Crippen molar-refractivity contribution in [1.29, 1.82) is 0 Å². The molecule has 1 heterocycles. The normalized spacial score (nSPS) is 10.5. The van der Waals surface area contributed by atoms with E-state index in [4.69, 9.17) is 23.2 Å². The topological polar surface area (TPSA) is 56.0 Å². The molecule has 0 bridgehead atoms. The van der Waals surface area contributed by atoms with Crippen LogP contribution in [0, 0.1) is 0 Å². The second-order valence-electron chi connectivity index (χ2n) is 4.02. The van der Waals surface area contributed by atoms with Gasteiger partial charge in [-0.2, -0.15) is 0 Å². The predicted octanol–water partition coefficient (Wildman–Crippen LogP) is 2.13. The maximum Gasteiger partial charge on any atom is 0.332 e. The number of halogens is 2. The Hall–Kier alpha value is -1.72. The molecule has 0 aliphatic carbocycles. The van der Waals surface area contributed by atoms with Gasteiger partial charge in [-0.05, 0) is 18.2 Å². The molecule has 100 valence electrons. The van der Waals surface area contributed by atoms with Gasteiger partial charge in [0.05, 0.1) is 10.7 Å². The molecule has 5 nitrogen and oxygen atoms in total. The van der Waals surface area contributed by atoms with Gasteiger partial charge in [0, 0.05) is 25.2 Å². The van der Waals surface area contributed by atoms with Crippen molar-refractivity contribution in [2.24, 2.45) is 14.1 Å². The Balaban J connectivity index is 2.50. The van der Waals surface area contributed by atoms with Crippen molar-refractivity contribution in [3.63, 3.8) is 0 Å². The number of aromatic nitrogens is 2. The lowest BCUT2D eigenvalue weighted by atomic mass is 10.3. The quantitative estimate of drug-likeness (QED) is 0.924. The molecule has 1 N–H and O–H groups in total. The third kappa shape index (κ3) is 2.67. The van der Waals surface area contributed by atoms with Gasteiger partial charge in [0.25, 0.3) is 5.56 Å². The summed E-state index contributed by atoms with van der Waals surface area (Å²) < 4.78 is 2.35. The van der Waals surface area contributed by atoms with Crippen molar-refractivity contribution >= 4 is 34.7 Å². The van der Waals surface area contributed by atoms with Crippen LogP contribution >= 0.6 is 23.2 Å². The number of hydrogen-bond donors (Lipinski definition) is 1. The Labute approximate surface area is 119 Å². The average Bonchev–Trinajstić information content (AvgIpc) is 2.36. The minimum absolute atomic E-state index is 0.359. The van der Waals surface area contributed by atoms with Crippen LogP contribution in [0.25, 0.3) is 0 Å². The summed E-state index contributed by atoms with van der Waals surface area (Å²) in [5, 5.41) is 3.85. The van der Waals surface area contributed by atoms with Crippen molar-refractivity contribution in [2.45, 2.75) is 0 Å². The van der Waals surface area contributed by atoms with Crippen LogP contribution in [0.4, 0.5) is 11.5 Å². The molecule has 2 aromatic rings. The zero-order valence-electron chi connectivity index (χ0n) is 10.3. The van der Waals surface area contributed by atoms with Gasteiger partial charge in [-0.1, -0.05) is 23.2 Å². The molecule has 0 saturated carbocycles. The smallest absolute Gasteiger partial charge is 0.332 e. The van der Waals surface area contributed by atoms with Crippen LogP contribution in [0.1, 0.15) is 0 Å². The van der Waals surface area contributed by atoms with E-state index in [-0.39, 0.29) is 0 Å². The van der Waals surface area contributed by atoms with Crippen molar-refractivity contribution in [1.82, 2.24) is 9.13 Å². The Morgan fingerprint density at radius 2 is 1.74 bits per heavy atom. The standard InChI is InChI=1S/C12H11Cl2N3O2/c1-16-10(6-11(18)17(2)12(16)19)15-9-4-3-7(13)5-8(9)14/h3-6,15H,1-2H3. The van der Waals surface area contributed by atoms with Crippen LogP contribution in [0.2, 0.25) is 10.0 Å². The molecule has 7 heteroatoms. The van der Waals surface area contributed by atoms with Crippen LogP contribution in [0.5, 0.6) is 0 Å². The van der Waals surface area contributed by atoms with Crippen molar-refractivity contribution in [2.75, 3.05) is 5.32 Å². The predicted molar refractivity (Wildman–Crippen MR) is 76.7 cm³/mol. The highest BCUT2D eigenvalue weighted by Gasteiger charge is 2.08. The van der Waals surface area contributed by atoms with Crippen LogP contribution < -0.4 is 16.6 Å². The zero-order valence-corrected chi connectivity index (χ0v) is 11.8. The molecule has 2 rings (SSSR count). The van der Waals surface area contributed by atoms with Gasteiger partial charge < -0.3 is 5.32 Å². The van der Waals surface area contributed by atoms with E-state index in [0.29, 0.717) is 21.6 Å². The summed E-state index contributed by atoms with van der Waals surface area (Å²) in [6, 6.07) is 6.23. The summed E-state index contributed by atoms with van der Waals surface area (Å²) in [5.74, 6) is 0.359. The van der Waals surface area contributed by atoms with E-state index in [9.17, 15) is 9.59 Å². The Morgan fingerprint density at radius 1 is 1.05 bits per heavy atom. The Bertz CT molecular complexity index is 750. The SMILES string of the molecule is Cn1c(Nc2ccc(Cl)cc2Cl)cc(=O)n(C)c1=O. The van der Waals surface area contributed by atoms with Crippen molar-refractivity contribution < 1.29 is 0 Å². The van der Waals surface area contributed by atoms with Crippen molar-refractivity contribution in [3.05, 3.63) is 55.1 Å². The van der Waals surface area contributed by atoms with E-state index < -0.39 is 11.2 Å². The minimum Gasteiger partial charge on any atom is -0.340 e. The second kappa shape index (κ2) is 5.11. The lowest BCUT2D eigenvalue weighted by molar-refractivity contribution is 0.693. The molecule has 0 radical (unpaired) electrons. The van der Waals surface area contributed by atoms with Crippen LogP contribution in [-0.2, 0) is 14.1 Å². The molecule has 0 aliphatic rings. The van der Waals surface area contributed by atoms with E-state index in [1.165, 1.54) is 17.7 Å². The molecule has 0 fully saturated rings. The van der Waals surface area contributed by atoms with Crippen molar-refractivity contribution in [3.8, 4) is 0 Å². The molecule has 0 spiro atoms. The van der Waals surface area contributed by atoms with Gasteiger partial charge >= 0.3 is 5.69 Å². The summed E-state index contributed by atoms with van der Waals surface area (Å²) in [6.45, 7) is 0. The molecular weight excluding hydrogens is 289 g/mol. The summed E-state index contributed by atoms with van der Waals surface area (Å²) in [7, 11) is 2.98. The van der Waals surface area contributed by atoms with Crippen LogP contribution in [0.3, 0.4) is 0 Å². The lowest BCUT2D eigenvalue weighted by Gasteiger charge is -2.12. The molecule has 1 aromatic carbocycles. The first-order valence-corrected chi connectivity index (χ1v) is 6.15. The number of benzene rings is 1. The van der Waals surface area contributed by atoms with E-state index >= 15 is 0 Å². The average molecular weight is 300 g/mol. The number of rotatable bonds is 2. The van der Waals surface area contributed by atoms with E-state index in [1.807, 2.05) is 0 Å². The first-order valence-electron chi connectivity index (χ1n) is 5.39. The molecule has 0 saturated heterocycles. The van der Waals surface area contributed by atoms with Gasteiger partial charge in [-0.3, -0.25) is 13.9 Å². The highest BCUT2D eigenvalue weighted by molar-refractivity contribution is 6.36. The summed E-state index contributed by atoms with van der Waals surface area (Å²) in [6.07, 6.45) is 0. The Morgan fingerprint density at radius 3 is 2.37 bits per heavy atom. The molecule has 0 aliphatic heterocycles. The second-order valence-corrected chi connectivity index (χ2v) is 4.86. The fraction of sp³-hybridized carbons (Fsp3) is 0.167. The van der Waals surface area contributed by atoms with E-state index in [1.54, 1.807) is 25.2 Å². The van der Waals surface area contributed by atoms with E-state index in [2.05, 4.69) is 5.32 Å². The third-order valence-corrected chi connectivity index (χ3v) is 3.27. The fourth-order valence-electron chi connectivity index (χ4n) is 1.58. The zero-order chi connectivity index (χ0) is 14.2. The van der Waals surface area contributed by atoms with Gasteiger partial charge in [0.1, 0.15) is 5.82 Å². The highest BCUT2D eigenvalue weighted by atomic mass is 35.5. The maximum absolute atomic E-state index is 11.8. The van der Waals surface area contributed by atoms with Crippen LogP contribution in [0.15, 0.2) is 33.9 Å².